The third kappa shape index (κ3) is 3.66. The number of carbonyl (C=O) groups is 1. The van der Waals surface area contributed by atoms with E-state index in [-0.39, 0.29) is 12.0 Å². The highest BCUT2D eigenvalue weighted by Crippen LogP contribution is 2.32. The molecule has 0 aliphatic heterocycles. The lowest BCUT2D eigenvalue weighted by atomic mass is 9.87. The molecule has 17 heavy (non-hydrogen) atoms. The highest BCUT2D eigenvalue weighted by Gasteiger charge is 2.16. The number of amides is 1. The van der Waals surface area contributed by atoms with E-state index in [2.05, 4.69) is 20.8 Å². The first-order valence-electron chi connectivity index (χ1n) is 5.44. The Balaban J connectivity index is 3.02. The van der Waals surface area contributed by atoms with Crippen LogP contribution in [0.5, 0.6) is 11.5 Å². The summed E-state index contributed by atoms with van der Waals surface area (Å²) < 4.78 is 10.5. The van der Waals surface area contributed by atoms with E-state index in [4.69, 9.17) is 15.2 Å². The van der Waals surface area contributed by atoms with Gasteiger partial charge in [-0.1, -0.05) is 26.8 Å². The van der Waals surface area contributed by atoms with E-state index in [1.54, 1.807) is 7.11 Å². The summed E-state index contributed by atoms with van der Waals surface area (Å²) in [5, 5.41) is 0. The summed E-state index contributed by atoms with van der Waals surface area (Å²) in [5.74, 6) is 0.631. The summed E-state index contributed by atoms with van der Waals surface area (Å²) in [6.45, 7) is 6.16. The van der Waals surface area contributed by atoms with Crippen LogP contribution in [-0.2, 0) is 10.2 Å². The monoisotopic (exact) mass is 237 g/mol. The van der Waals surface area contributed by atoms with Crippen molar-refractivity contribution in [3.63, 3.8) is 0 Å². The van der Waals surface area contributed by atoms with Crippen LogP contribution in [0.3, 0.4) is 0 Å². The number of benzene rings is 1. The van der Waals surface area contributed by atoms with Crippen LogP contribution >= 0.6 is 0 Å². The molecule has 0 radical (unpaired) electrons. The fourth-order valence-corrected chi connectivity index (χ4v) is 1.40. The summed E-state index contributed by atoms with van der Waals surface area (Å²) in [4.78, 5) is 10.7. The maximum Gasteiger partial charge on any atom is 0.255 e. The van der Waals surface area contributed by atoms with Crippen LogP contribution in [0.1, 0.15) is 26.3 Å². The van der Waals surface area contributed by atoms with Gasteiger partial charge in [-0.15, -0.1) is 0 Å². The number of primary amides is 1. The molecule has 4 heteroatoms. The highest BCUT2D eigenvalue weighted by molar-refractivity contribution is 5.75. The van der Waals surface area contributed by atoms with Crippen LogP contribution in [0.25, 0.3) is 0 Å². The van der Waals surface area contributed by atoms with E-state index in [1.165, 1.54) is 0 Å². The van der Waals surface area contributed by atoms with Crippen molar-refractivity contribution in [1.82, 2.24) is 0 Å². The maximum atomic E-state index is 10.7. The van der Waals surface area contributed by atoms with Crippen LogP contribution in [0.2, 0.25) is 0 Å². The molecule has 2 N–H and O–H groups in total. The van der Waals surface area contributed by atoms with Crippen molar-refractivity contribution < 1.29 is 14.3 Å². The van der Waals surface area contributed by atoms with Gasteiger partial charge in [-0.25, -0.2) is 0 Å². The fourth-order valence-electron chi connectivity index (χ4n) is 1.40. The van der Waals surface area contributed by atoms with Crippen molar-refractivity contribution >= 4 is 5.91 Å². The van der Waals surface area contributed by atoms with Crippen LogP contribution in [0.15, 0.2) is 18.2 Å². The normalized spacial score (nSPS) is 11.1. The lowest BCUT2D eigenvalue weighted by Gasteiger charge is -2.20. The van der Waals surface area contributed by atoms with E-state index in [1.807, 2.05) is 18.2 Å². The van der Waals surface area contributed by atoms with Gasteiger partial charge in [-0.05, 0) is 23.1 Å². The van der Waals surface area contributed by atoms with Crippen LogP contribution in [0, 0.1) is 0 Å². The average Bonchev–Trinajstić information content (AvgIpc) is 2.24. The molecule has 0 heterocycles. The van der Waals surface area contributed by atoms with Crippen molar-refractivity contribution in [1.29, 1.82) is 0 Å². The van der Waals surface area contributed by atoms with Gasteiger partial charge in [0, 0.05) is 0 Å². The van der Waals surface area contributed by atoms with Gasteiger partial charge < -0.3 is 15.2 Å². The molecule has 0 saturated carbocycles. The van der Waals surface area contributed by atoms with E-state index >= 15 is 0 Å². The Bertz CT molecular complexity index is 408. The van der Waals surface area contributed by atoms with Crippen LogP contribution < -0.4 is 15.2 Å². The zero-order chi connectivity index (χ0) is 13.1. The van der Waals surface area contributed by atoms with Gasteiger partial charge in [0.05, 0.1) is 7.11 Å². The van der Waals surface area contributed by atoms with Gasteiger partial charge in [0.15, 0.2) is 18.1 Å². The molecule has 1 rings (SSSR count). The molecule has 1 aromatic rings. The minimum atomic E-state index is -0.506. The second kappa shape index (κ2) is 5.08. The van der Waals surface area contributed by atoms with Crippen LogP contribution in [0.4, 0.5) is 0 Å². The number of methoxy groups -OCH3 is 1. The Morgan fingerprint density at radius 2 is 1.94 bits per heavy atom. The fraction of sp³-hybridized carbons (Fsp3) is 0.462. The van der Waals surface area contributed by atoms with Gasteiger partial charge >= 0.3 is 0 Å². The number of rotatable bonds is 4. The molecule has 0 aliphatic carbocycles. The molecule has 0 fully saturated rings. The Hall–Kier alpha value is -1.71. The Labute approximate surface area is 102 Å². The average molecular weight is 237 g/mol. The Kier molecular flexibility index (Phi) is 3.99. The first-order valence-corrected chi connectivity index (χ1v) is 5.44. The predicted octanol–water partition coefficient (Wildman–Crippen LogP) is 1.86. The number of hydrogen-bond donors (Lipinski definition) is 1. The van der Waals surface area contributed by atoms with E-state index in [0.29, 0.717) is 11.5 Å². The molecular formula is C13H19NO3. The summed E-state index contributed by atoms with van der Waals surface area (Å²) in [5.41, 5.74) is 6.17. The number of nitrogens with two attached hydrogens (primary N) is 1. The van der Waals surface area contributed by atoms with E-state index in [9.17, 15) is 4.79 Å². The van der Waals surface area contributed by atoms with Gasteiger partial charge in [-0.3, -0.25) is 4.79 Å². The second-order valence-corrected chi connectivity index (χ2v) is 4.87. The van der Waals surface area contributed by atoms with Gasteiger partial charge in [0.2, 0.25) is 0 Å². The van der Waals surface area contributed by atoms with Crippen molar-refractivity contribution in [3.8, 4) is 11.5 Å². The molecule has 4 nitrogen and oxygen atoms in total. The third-order valence-electron chi connectivity index (χ3n) is 2.40. The molecule has 0 aliphatic rings. The summed E-state index contributed by atoms with van der Waals surface area (Å²) in [6, 6.07) is 5.69. The van der Waals surface area contributed by atoms with E-state index < -0.39 is 5.91 Å². The molecule has 0 bridgehead atoms. The molecule has 0 aromatic heterocycles. The van der Waals surface area contributed by atoms with Crippen molar-refractivity contribution in [2.75, 3.05) is 13.7 Å². The van der Waals surface area contributed by atoms with Gasteiger partial charge in [0.25, 0.3) is 5.91 Å². The lowest BCUT2D eigenvalue weighted by molar-refractivity contribution is -0.119. The van der Waals surface area contributed by atoms with Crippen molar-refractivity contribution in [3.05, 3.63) is 23.8 Å². The zero-order valence-electron chi connectivity index (χ0n) is 10.7. The Morgan fingerprint density at radius 1 is 1.29 bits per heavy atom. The Morgan fingerprint density at radius 3 is 2.41 bits per heavy atom. The first kappa shape index (κ1) is 13.4. The highest BCUT2D eigenvalue weighted by atomic mass is 16.5. The second-order valence-electron chi connectivity index (χ2n) is 4.87. The molecule has 1 amide bonds. The zero-order valence-corrected chi connectivity index (χ0v) is 10.7. The standard InChI is InChI=1S/C13H19NO3/c1-13(2,3)9-5-6-10(16-4)11(7-9)17-8-12(14)15/h5-7H,8H2,1-4H3,(H2,14,15). The summed E-state index contributed by atoms with van der Waals surface area (Å²) in [7, 11) is 1.56. The minimum absolute atomic E-state index is 0.0110. The predicted molar refractivity (Wildman–Crippen MR) is 66.4 cm³/mol. The van der Waals surface area contributed by atoms with Crippen LogP contribution in [-0.4, -0.2) is 19.6 Å². The molecule has 1 aromatic carbocycles. The molecule has 0 spiro atoms. The summed E-state index contributed by atoms with van der Waals surface area (Å²) in [6.07, 6.45) is 0. The lowest BCUT2D eigenvalue weighted by Crippen LogP contribution is -2.20. The number of ether oxygens (including phenoxy) is 2. The topological polar surface area (TPSA) is 61.6 Å². The smallest absolute Gasteiger partial charge is 0.255 e. The quantitative estimate of drug-likeness (QED) is 0.869. The third-order valence-corrected chi connectivity index (χ3v) is 2.40. The van der Waals surface area contributed by atoms with Crippen molar-refractivity contribution in [2.45, 2.75) is 26.2 Å². The largest absolute Gasteiger partial charge is 0.493 e. The first-order chi connectivity index (χ1) is 7.84. The molecule has 94 valence electrons. The van der Waals surface area contributed by atoms with Gasteiger partial charge in [0.1, 0.15) is 0 Å². The number of hydrogen-bond acceptors (Lipinski definition) is 3. The molecular weight excluding hydrogens is 218 g/mol. The maximum absolute atomic E-state index is 10.7. The number of carbonyl (C=O) groups excluding carboxylic acids is 1. The van der Waals surface area contributed by atoms with Gasteiger partial charge in [-0.2, -0.15) is 0 Å². The minimum Gasteiger partial charge on any atom is -0.493 e. The summed E-state index contributed by atoms with van der Waals surface area (Å²) >= 11 is 0. The SMILES string of the molecule is COc1ccc(C(C)(C)C)cc1OCC(N)=O. The van der Waals surface area contributed by atoms with Crippen molar-refractivity contribution in [2.24, 2.45) is 5.73 Å². The molecule has 0 atom stereocenters. The molecule has 0 saturated heterocycles. The van der Waals surface area contributed by atoms with E-state index in [0.717, 1.165) is 5.56 Å². The molecule has 0 unspecified atom stereocenters.